The van der Waals surface area contributed by atoms with Gasteiger partial charge in [0.25, 0.3) is 0 Å². The van der Waals surface area contributed by atoms with Crippen molar-refractivity contribution in [2.24, 2.45) is 0 Å². The van der Waals surface area contributed by atoms with Crippen LogP contribution in [0.3, 0.4) is 0 Å². The lowest BCUT2D eigenvalue weighted by atomic mass is 9.93. The van der Waals surface area contributed by atoms with Gasteiger partial charge in [0, 0.05) is 16.8 Å². The highest BCUT2D eigenvalue weighted by atomic mass is 32.2. The number of allylic oxidation sites excluding steroid dienone is 1. The van der Waals surface area contributed by atoms with Gasteiger partial charge in [-0.05, 0) is 54.8 Å². The molecule has 0 radical (unpaired) electrons. The maximum Gasteiger partial charge on any atom is 0.418 e. The smallest absolute Gasteiger partial charge is 0.418 e. The molecule has 0 spiro atoms. The first-order valence-corrected chi connectivity index (χ1v) is 11.5. The van der Waals surface area contributed by atoms with Crippen LogP contribution < -0.4 is 13.8 Å². The van der Waals surface area contributed by atoms with E-state index in [1.807, 2.05) is 31.2 Å². The monoisotopic (exact) mass is 471 g/mol. The third-order valence-electron chi connectivity index (χ3n) is 5.82. The van der Waals surface area contributed by atoms with Crippen molar-refractivity contribution < 1.29 is 26.9 Å². The summed E-state index contributed by atoms with van der Waals surface area (Å²) >= 11 is 0. The molecule has 3 aromatic carbocycles. The Morgan fingerprint density at radius 1 is 1.03 bits per heavy atom. The molecule has 0 saturated carbocycles. The molecular weight excluding hydrogens is 451 g/mol. The molecule has 8 heteroatoms. The Kier molecular flexibility index (Phi) is 5.20. The fraction of sp³-hybridized carbons (Fsp3) is 0.200. The number of para-hydroxylation sites is 1. The summed E-state index contributed by atoms with van der Waals surface area (Å²) in [6.07, 6.45) is -3.90. The minimum absolute atomic E-state index is 0.121. The topological polar surface area (TPSA) is 38.8 Å². The number of benzene rings is 3. The first-order chi connectivity index (χ1) is 15.8. The molecule has 170 valence electrons. The lowest BCUT2D eigenvalue weighted by Crippen LogP contribution is -2.31. The number of alkyl halides is 3. The predicted octanol–water partition coefficient (Wildman–Crippen LogP) is 6.32. The zero-order valence-corrected chi connectivity index (χ0v) is 18.7. The summed E-state index contributed by atoms with van der Waals surface area (Å²) in [7, 11) is -1.86. The third kappa shape index (κ3) is 3.49. The van der Waals surface area contributed by atoms with E-state index in [9.17, 15) is 17.4 Å². The van der Waals surface area contributed by atoms with Crippen LogP contribution in [-0.2, 0) is 23.6 Å². The van der Waals surface area contributed by atoms with Crippen molar-refractivity contribution in [1.29, 1.82) is 0 Å². The van der Waals surface area contributed by atoms with Gasteiger partial charge >= 0.3 is 6.18 Å². The second-order valence-corrected chi connectivity index (χ2v) is 9.04. The maximum atomic E-state index is 13.9. The van der Waals surface area contributed by atoms with Crippen LogP contribution >= 0.6 is 0 Å². The van der Waals surface area contributed by atoms with Gasteiger partial charge < -0.3 is 9.47 Å². The molecule has 0 fully saturated rings. The zero-order valence-electron chi connectivity index (χ0n) is 17.9. The molecular formula is C25H20F3NO3S. The number of hydrogen-bond acceptors (Lipinski definition) is 3. The molecule has 2 aliphatic rings. The van der Waals surface area contributed by atoms with Crippen molar-refractivity contribution >= 4 is 22.2 Å². The van der Waals surface area contributed by atoms with E-state index in [0.29, 0.717) is 34.1 Å². The third-order valence-corrected chi connectivity index (χ3v) is 7.36. The summed E-state index contributed by atoms with van der Waals surface area (Å²) in [6, 6.07) is 16.1. The van der Waals surface area contributed by atoms with Crippen molar-refractivity contribution in [2.45, 2.75) is 31.3 Å². The van der Waals surface area contributed by atoms with Gasteiger partial charge in [-0.2, -0.15) is 13.2 Å². The molecule has 0 amide bonds. The van der Waals surface area contributed by atoms with E-state index in [1.54, 1.807) is 19.1 Å². The van der Waals surface area contributed by atoms with Crippen molar-refractivity contribution in [2.75, 3.05) is 11.1 Å². The second-order valence-electron chi connectivity index (χ2n) is 7.74. The first-order valence-electron chi connectivity index (χ1n) is 10.4. The highest BCUT2D eigenvalue weighted by Gasteiger charge is 2.39. The van der Waals surface area contributed by atoms with E-state index in [1.165, 1.54) is 22.5 Å². The SMILES string of the molecule is CCc1cc(C2=C(C)N(c3ccccc3C(F)(F)F)S(=O)c3ccccc32)cc2c1OCO2. The molecule has 2 aliphatic heterocycles. The number of anilines is 1. The van der Waals surface area contributed by atoms with Crippen LogP contribution in [0.5, 0.6) is 11.5 Å². The summed E-state index contributed by atoms with van der Waals surface area (Å²) in [4.78, 5) is 0.450. The quantitative estimate of drug-likeness (QED) is 0.449. The highest BCUT2D eigenvalue weighted by molar-refractivity contribution is 7.86. The van der Waals surface area contributed by atoms with E-state index in [2.05, 4.69) is 0 Å². The van der Waals surface area contributed by atoms with Gasteiger partial charge in [0.05, 0.1) is 16.1 Å². The van der Waals surface area contributed by atoms with E-state index < -0.39 is 22.7 Å². The Morgan fingerprint density at radius 2 is 1.76 bits per heavy atom. The average Bonchev–Trinajstić information content (AvgIpc) is 3.27. The fourth-order valence-corrected chi connectivity index (χ4v) is 5.79. The van der Waals surface area contributed by atoms with Gasteiger partial charge in [0.2, 0.25) is 6.79 Å². The van der Waals surface area contributed by atoms with Crippen molar-refractivity contribution in [3.63, 3.8) is 0 Å². The van der Waals surface area contributed by atoms with Crippen LogP contribution in [0.15, 0.2) is 71.3 Å². The zero-order chi connectivity index (χ0) is 23.3. The largest absolute Gasteiger partial charge is 0.454 e. The van der Waals surface area contributed by atoms with Crippen molar-refractivity contribution in [3.8, 4) is 11.5 Å². The molecule has 0 bridgehead atoms. The van der Waals surface area contributed by atoms with Crippen LogP contribution in [0.4, 0.5) is 18.9 Å². The summed E-state index contributed by atoms with van der Waals surface area (Å²) in [5.74, 6) is 1.28. The Hall–Kier alpha value is -3.26. The van der Waals surface area contributed by atoms with E-state index in [-0.39, 0.29) is 12.5 Å². The fourth-order valence-electron chi connectivity index (χ4n) is 4.36. The number of aryl methyl sites for hydroxylation is 1. The van der Waals surface area contributed by atoms with Crippen LogP contribution in [0, 0.1) is 0 Å². The molecule has 0 saturated heterocycles. The average molecular weight is 472 g/mol. The Bertz CT molecular complexity index is 1320. The lowest BCUT2D eigenvalue weighted by Gasteiger charge is -2.34. The van der Waals surface area contributed by atoms with Gasteiger partial charge in [-0.3, -0.25) is 4.31 Å². The Morgan fingerprint density at radius 3 is 2.52 bits per heavy atom. The molecule has 1 unspecified atom stereocenters. The van der Waals surface area contributed by atoms with Gasteiger partial charge in [0.15, 0.2) is 22.5 Å². The summed E-state index contributed by atoms with van der Waals surface area (Å²) in [5, 5.41) is 0. The normalized spacial score (nSPS) is 17.4. The van der Waals surface area contributed by atoms with Crippen molar-refractivity contribution in [3.05, 3.63) is 88.6 Å². The molecule has 0 aromatic heterocycles. The number of halogens is 3. The molecule has 3 aromatic rings. The first kappa shape index (κ1) is 21.6. The molecule has 2 heterocycles. The number of rotatable bonds is 3. The maximum absolute atomic E-state index is 13.9. The van der Waals surface area contributed by atoms with Gasteiger partial charge in [-0.25, -0.2) is 4.21 Å². The van der Waals surface area contributed by atoms with Crippen LogP contribution in [0.1, 0.15) is 36.1 Å². The Labute approximate surface area is 191 Å². The van der Waals surface area contributed by atoms with Crippen LogP contribution in [-0.4, -0.2) is 11.0 Å². The van der Waals surface area contributed by atoms with Gasteiger partial charge in [-0.1, -0.05) is 37.3 Å². The van der Waals surface area contributed by atoms with Gasteiger partial charge in [-0.15, -0.1) is 0 Å². The summed E-state index contributed by atoms with van der Waals surface area (Å²) in [6.45, 7) is 3.82. The predicted molar refractivity (Wildman–Crippen MR) is 120 cm³/mol. The van der Waals surface area contributed by atoms with Crippen LogP contribution in [0.2, 0.25) is 0 Å². The minimum Gasteiger partial charge on any atom is -0.454 e. The van der Waals surface area contributed by atoms with Crippen molar-refractivity contribution in [1.82, 2.24) is 0 Å². The number of fused-ring (bicyclic) bond motifs is 2. The lowest BCUT2D eigenvalue weighted by molar-refractivity contribution is -0.137. The summed E-state index contributed by atoms with van der Waals surface area (Å²) < 4.78 is 67.6. The van der Waals surface area contributed by atoms with Gasteiger partial charge in [0.1, 0.15) is 0 Å². The molecule has 4 nitrogen and oxygen atoms in total. The molecule has 0 N–H and O–H groups in total. The number of hydrogen-bond donors (Lipinski definition) is 0. The summed E-state index contributed by atoms with van der Waals surface area (Å²) in [5.41, 5.74) is 2.61. The number of ether oxygens (including phenoxy) is 2. The molecule has 33 heavy (non-hydrogen) atoms. The Balaban J connectivity index is 1.79. The van der Waals surface area contributed by atoms with E-state index in [0.717, 1.165) is 22.8 Å². The minimum atomic E-state index is -4.59. The second kappa shape index (κ2) is 7.95. The molecule has 5 rings (SSSR count). The molecule has 0 aliphatic carbocycles. The number of nitrogens with zero attached hydrogens (tertiary/aromatic N) is 1. The van der Waals surface area contributed by atoms with E-state index in [4.69, 9.17) is 9.47 Å². The highest BCUT2D eigenvalue weighted by Crippen LogP contribution is 2.47. The standard InChI is InChI=1S/C25H20F3NO3S/c1-3-16-12-17(13-21-24(16)32-14-31-21)23-15(2)29(33(30)22-11-7-4-8-18(22)23)20-10-6-5-9-19(20)25(26,27)28/h4-13H,3,14H2,1-2H3. The van der Waals surface area contributed by atoms with Crippen LogP contribution in [0.25, 0.3) is 5.57 Å². The van der Waals surface area contributed by atoms with E-state index >= 15 is 0 Å². The molecule has 1 atom stereocenters.